The van der Waals surface area contributed by atoms with Gasteiger partial charge in [-0.1, -0.05) is 43.8 Å². The lowest BCUT2D eigenvalue weighted by molar-refractivity contribution is 0.461. The molecule has 0 radical (unpaired) electrons. The van der Waals surface area contributed by atoms with Crippen LogP contribution in [0.4, 0.5) is 11.4 Å². The third-order valence-electron chi connectivity index (χ3n) is 5.41. The van der Waals surface area contributed by atoms with Crippen LogP contribution in [0.1, 0.15) is 26.7 Å². The molecular weight excluding hydrogens is 378 g/mol. The molecule has 1 aromatic heterocycles. The van der Waals surface area contributed by atoms with Crippen molar-refractivity contribution in [1.29, 1.82) is 0 Å². The summed E-state index contributed by atoms with van der Waals surface area (Å²) in [5.74, 6) is 0.341. The first-order valence-corrected chi connectivity index (χ1v) is 11.1. The fourth-order valence-electron chi connectivity index (χ4n) is 3.87. The highest BCUT2D eigenvalue weighted by Gasteiger charge is 2.26. The van der Waals surface area contributed by atoms with Gasteiger partial charge < -0.3 is 15.3 Å². The minimum absolute atomic E-state index is 0.341. The second-order valence-corrected chi connectivity index (χ2v) is 8.31. The van der Waals surface area contributed by atoms with Gasteiger partial charge in [0.05, 0.1) is 16.3 Å². The van der Waals surface area contributed by atoms with Crippen LogP contribution in [-0.4, -0.2) is 29.2 Å². The monoisotopic (exact) mass is 405 g/mol. The molecule has 1 aliphatic heterocycles. The van der Waals surface area contributed by atoms with Crippen LogP contribution < -0.4 is 10.2 Å². The Hall–Kier alpha value is -2.50. The van der Waals surface area contributed by atoms with E-state index < -0.39 is 0 Å². The minimum atomic E-state index is 0.341. The topological polar surface area (TPSA) is 48.4 Å². The molecule has 1 atom stereocenters. The Labute approximate surface area is 177 Å². The molecule has 0 amide bonds. The lowest BCUT2D eigenvalue weighted by atomic mass is 10.1. The summed E-state index contributed by atoms with van der Waals surface area (Å²) in [6.07, 6.45) is 5.84. The zero-order valence-corrected chi connectivity index (χ0v) is 17.7. The maximum atomic E-state index is 10.5. The van der Waals surface area contributed by atoms with Gasteiger partial charge in [-0.25, -0.2) is 0 Å². The highest BCUT2D eigenvalue weighted by molar-refractivity contribution is 7.99. The predicted molar refractivity (Wildman–Crippen MR) is 121 cm³/mol. The standard InChI is InChI=1S/C24H27N3OS/c1-3-19(26-4-2)12-14-27-20-11-10-17(18-7-6-13-25-16-18)15-23(20)29-24-21(27)8-5-9-22(24)28/h5-11,13,15-16,19,26,28H,3-4,12,14H2,1-2H3. The largest absolute Gasteiger partial charge is 0.507 e. The first-order valence-electron chi connectivity index (χ1n) is 10.3. The molecule has 29 heavy (non-hydrogen) atoms. The van der Waals surface area contributed by atoms with Gasteiger partial charge in [0.25, 0.3) is 0 Å². The summed E-state index contributed by atoms with van der Waals surface area (Å²) in [6.45, 7) is 6.27. The summed E-state index contributed by atoms with van der Waals surface area (Å²) in [4.78, 5) is 8.70. The lowest BCUT2D eigenvalue weighted by Crippen LogP contribution is -2.33. The van der Waals surface area contributed by atoms with Crippen LogP contribution in [0.2, 0.25) is 0 Å². The number of nitrogens with one attached hydrogen (secondary N) is 1. The molecule has 4 nitrogen and oxygen atoms in total. The Kier molecular flexibility index (Phi) is 6.07. The molecule has 0 saturated heterocycles. The van der Waals surface area contributed by atoms with Gasteiger partial charge in [0.15, 0.2) is 0 Å². The Bertz CT molecular complexity index is 977. The van der Waals surface area contributed by atoms with Crippen molar-refractivity contribution < 1.29 is 5.11 Å². The Morgan fingerprint density at radius 2 is 1.97 bits per heavy atom. The third-order valence-corrected chi connectivity index (χ3v) is 6.58. The van der Waals surface area contributed by atoms with Gasteiger partial charge in [-0.05, 0) is 55.3 Å². The van der Waals surface area contributed by atoms with Crippen molar-refractivity contribution >= 4 is 23.1 Å². The van der Waals surface area contributed by atoms with Crippen molar-refractivity contribution in [3.63, 3.8) is 0 Å². The fourth-order valence-corrected chi connectivity index (χ4v) is 5.01. The van der Waals surface area contributed by atoms with E-state index in [9.17, 15) is 5.11 Å². The van der Waals surface area contributed by atoms with Gasteiger partial charge in [0.1, 0.15) is 5.75 Å². The molecule has 0 bridgehead atoms. The summed E-state index contributed by atoms with van der Waals surface area (Å²) in [7, 11) is 0. The molecule has 1 unspecified atom stereocenters. The predicted octanol–water partition coefficient (Wildman–Crippen LogP) is 5.84. The average Bonchev–Trinajstić information content (AvgIpc) is 2.76. The van der Waals surface area contributed by atoms with Gasteiger partial charge in [-0.3, -0.25) is 4.98 Å². The number of rotatable bonds is 7. The number of benzene rings is 2. The zero-order valence-electron chi connectivity index (χ0n) is 16.9. The van der Waals surface area contributed by atoms with Crippen LogP contribution in [0, 0.1) is 0 Å². The summed E-state index contributed by atoms with van der Waals surface area (Å²) >= 11 is 1.64. The molecule has 2 heterocycles. The first kappa shape index (κ1) is 19.8. The SMILES string of the molecule is CCNC(CC)CCN1c2ccc(-c3cccnc3)cc2Sc2c(O)cccc21. The van der Waals surface area contributed by atoms with E-state index in [-0.39, 0.29) is 0 Å². The number of hydrogen-bond donors (Lipinski definition) is 2. The van der Waals surface area contributed by atoms with E-state index in [0.29, 0.717) is 11.8 Å². The van der Waals surface area contributed by atoms with Gasteiger partial charge >= 0.3 is 0 Å². The number of hydrogen-bond acceptors (Lipinski definition) is 5. The van der Waals surface area contributed by atoms with Crippen molar-refractivity contribution in [2.24, 2.45) is 0 Å². The molecule has 0 aliphatic carbocycles. The van der Waals surface area contributed by atoms with Gasteiger partial charge in [0.2, 0.25) is 0 Å². The van der Waals surface area contributed by atoms with Crippen LogP contribution in [0.3, 0.4) is 0 Å². The number of nitrogens with zero attached hydrogens (tertiary/aromatic N) is 2. The highest BCUT2D eigenvalue weighted by Crippen LogP contribution is 2.52. The van der Waals surface area contributed by atoms with Crippen LogP contribution in [0.5, 0.6) is 5.75 Å². The highest BCUT2D eigenvalue weighted by atomic mass is 32.2. The third kappa shape index (κ3) is 4.11. The fraction of sp³-hybridized carbons (Fsp3) is 0.292. The van der Waals surface area contributed by atoms with Crippen molar-refractivity contribution in [3.05, 3.63) is 60.9 Å². The number of fused-ring (bicyclic) bond motifs is 2. The van der Waals surface area contributed by atoms with Crippen molar-refractivity contribution in [2.45, 2.75) is 42.5 Å². The van der Waals surface area contributed by atoms with E-state index in [1.54, 1.807) is 24.0 Å². The van der Waals surface area contributed by atoms with Crippen molar-refractivity contribution in [1.82, 2.24) is 10.3 Å². The number of phenolic OH excluding ortho intramolecular Hbond substituents is 1. The van der Waals surface area contributed by atoms with Crippen molar-refractivity contribution in [2.75, 3.05) is 18.0 Å². The molecule has 2 aromatic carbocycles. The van der Waals surface area contributed by atoms with E-state index in [1.807, 2.05) is 18.3 Å². The molecule has 3 aromatic rings. The van der Waals surface area contributed by atoms with Gasteiger partial charge in [-0.2, -0.15) is 0 Å². The lowest BCUT2D eigenvalue weighted by Gasteiger charge is -2.34. The molecule has 1 aliphatic rings. The second kappa shape index (κ2) is 8.89. The number of aromatic nitrogens is 1. The first-order chi connectivity index (χ1) is 14.2. The molecule has 0 saturated carbocycles. The Balaban J connectivity index is 1.71. The molecular formula is C24H27N3OS. The molecule has 4 rings (SSSR count). The number of anilines is 2. The zero-order chi connectivity index (χ0) is 20.2. The second-order valence-electron chi connectivity index (χ2n) is 7.25. The summed E-state index contributed by atoms with van der Waals surface area (Å²) in [5.41, 5.74) is 4.53. The minimum Gasteiger partial charge on any atom is -0.507 e. The normalized spacial score (nSPS) is 13.7. The molecule has 0 fully saturated rings. The van der Waals surface area contributed by atoms with Crippen LogP contribution >= 0.6 is 11.8 Å². The summed E-state index contributed by atoms with van der Waals surface area (Å²) < 4.78 is 0. The van der Waals surface area contributed by atoms with E-state index in [2.05, 4.69) is 59.4 Å². The van der Waals surface area contributed by atoms with Gasteiger partial charge in [0, 0.05) is 35.4 Å². The van der Waals surface area contributed by atoms with Crippen molar-refractivity contribution in [3.8, 4) is 16.9 Å². The Morgan fingerprint density at radius 1 is 1.07 bits per heavy atom. The van der Waals surface area contributed by atoms with Gasteiger partial charge in [-0.15, -0.1) is 0 Å². The van der Waals surface area contributed by atoms with Crippen LogP contribution in [-0.2, 0) is 0 Å². The van der Waals surface area contributed by atoms with E-state index in [0.717, 1.165) is 52.5 Å². The quantitative estimate of drug-likeness (QED) is 0.517. The van der Waals surface area contributed by atoms with Crippen LogP contribution in [0.15, 0.2) is 70.7 Å². The number of pyridine rings is 1. The van der Waals surface area contributed by atoms with E-state index >= 15 is 0 Å². The smallest absolute Gasteiger partial charge is 0.131 e. The molecule has 2 N–H and O–H groups in total. The molecule has 0 spiro atoms. The van der Waals surface area contributed by atoms with E-state index in [4.69, 9.17) is 0 Å². The van der Waals surface area contributed by atoms with E-state index in [1.165, 1.54) is 5.69 Å². The number of aromatic hydroxyl groups is 1. The Morgan fingerprint density at radius 3 is 2.72 bits per heavy atom. The average molecular weight is 406 g/mol. The number of phenols is 1. The molecule has 150 valence electrons. The molecule has 5 heteroatoms. The summed E-state index contributed by atoms with van der Waals surface area (Å²) in [5, 5.41) is 14.1. The van der Waals surface area contributed by atoms with Crippen LogP contribution in [0.25, 0.3) is 11.1 Å². The summed E-state index contributed by atoms with van der Waals surface area (Å²) in [6, 6.07) is 16.9. The maximum Gasteiger partial charge on any atom is 0.131 e. The maximum absolute atomic E-state index is 10.5.